The van der Waals surface area contributed by atoms with Crippen molar-refractivity contribution in [2.75, 3.05) is 6.61 Å². The molecule has 1 heterocycles. The first-order valence-electron chi connectivity index (χ1n) is 7.21. The number of aliphatic carboxylic acids is 1. The summed E-state index contributed by atoms with van der Waals surface area (Å²) in [4.78, 5) is 15.4. The maximum atomic E-state index is 11.0. The summed E-state index contributed by atoms with van der Waals surface area (Å²) in [7, 11) is 0. The molecule has 2 rings (SSSR count). The minimum absolute atomic E-state index is 0.0556. The van der Waals surface area contributed by atoms with Crippen molar-refractivity contribution in [1.82, 2.24) is 10.1 Å². The Kier molecular flexibility index (Phi) is 4.42. The van der Waals surface area contributed by atoms with E-state index < -0.39 is 11.6 Å². The van der Waals surface area contributed by atoms with Crippen molar-refractivity contribution in [3.8, 4) is 0 Å². The molecule has 1 N–H and O–H groups in total. The second-order valence-electron chi connectivity index (χ2n) is 5.52. The van der Waals surface area contributed by atoms with Crippen LogP contribution in [0.15, 0.2) is 4.52 Å². The monoisotopic (exact) mass is 282 g/mol. The van der Waals surface area contributed by atoms with Gasteiger partial charge >= 0.3 is 5.97 Å². The van der Waals surface area contributed by atoms with Gasteiger partial charge in [-0.05, 0) is 39.5 Å². The van der Waals surface area contributed by atoms with E-state index in [1.54, 1.807) is 0 Å². The quantitative estimate of drug-likeness (QED) is 0.863. The normalized spacial score (nSPS) is 25.6. The molecule has 1 aliphatic carbocycles. The van der Waals surface area contributed by atoms with Gasteiger partial charge in [0.05, 0.1) is 5.92 Å². The lowest BCUT2D eigenvalue weighted by molar-refractivity contribution is -0.141. The Morgan fingerprint density at radius 3 is 2.80 bits per heavy atom. The molecule has 3 atom stereocenters. The third kappa shape index (κ3) is 2.85. The Balaban J connectivity index is 2.11. The number of hydrogen-bond acceptors (Lipinski definition) is 5. The number of carboxylic acid groups (broad SMARTS) is 1. The molecule has 0 amide bonds. The van der Waals surface area contributed by atoms with Gasteiger partial charge in [-0.2, -0.15) is 4.98 Å². The predicted octanol–water partition coefficient (Wildman–Crippen LogP) is 2.70. The molecule has 1 aromatic rings. The predicted molar refractivity (Wildman–Crippen MR) is 71.3 cm³/mol. The molecule has 3 unspecified atom stereocenters. The van der Waals surface area contributed by atoms with Crippen molar-refractivity contribution >= 4 is 5.97 Å². The molecule has 0 radical (unpaired) electrons. The van der Waals surface area contributed by atoms with E-state index in [1.807, 2.05) is 20.8 Å². The second-order valence-corrected chi connectivity index (χ2v) is 5.52. The van der Waals surface area contributed by atoms with Crippen molar-refractivity contribution in [3.05, 3.63) is 11.7 Å². The van der Waals surface area contributed by atoms with Crippen LogP contribution in [0.5, 0.6) is 0 Å². The van der Waals surface area contributed by atoms with Crippen LogP contribution in [-0.4, -0.2) is 27.8 Å². The number of hydrogen-bond donors (Lipinski definition) is 1. The van der Waals surface area contributed by atoms with Gasteiger partial charge in [-0.3, -0.25) is 4.79 Å². The van der Waals surface area contributed by atoms with Gasteiger partial charge in [0, 0.05) is 12.5 Å². The van der Waals surface area contributed by atoms with Crippen LogP contribution in [0.4, 0.5) is 0 Å². The van der Waals surface area contributed by atoms with Crippen LogP contribution in [0.25, 0.3) is 0 Å². The highest BCUT2D eigenvalue weighted by Crippen LogP contribution is 2.38. The summed E-state index contributed by atoms with van der Waals surface area (Å²) in [6.45, 7) is 6.48. The number of nitrogens with zero attached hydrogens (tertiary/aromatic N) is 2. The molecule has 20 heavy (non-hydrogen) atoms. The molecule has 1 saturated carbocycles. The fourth-order valence-corrected chi connectivity index (χ4v) is 2.69. The van der Waals surface area contributed by atoms with E-state index >= 15 is 0 Å². The topological polar surface area (TPSA) is 85.5 Å². The number of carboxylic acids is 1. The molecule has 1 aromatic heterocycles. The van der Waals surface area contributed by atoms with E-state index in [4.69, 9.17) is 14.4 Å². The Bertz CT molecular complexity index is 473. The zero-order chi connectivity index (χ0) is 14.8. The van der Waals surface area contributed by atoms with Crippen molar-refractivity contribution in [3.63, 3.8) is 0 Å². The van der Waals surface area contributed by atoms with E-state index in [-0.39, 0.29) is 11.8 Å². The third-order valence-electron chi connectivity index (χ3n) is 4.18. The molecule has 0 aromatic carbocycles. The van der Waals surface area contributed by atoms with E-state index in [0.29, 0.717) is 31.2 Å². The summed E-state index contributed by atoms with van der Waals surface area (Å²) in [5.41, 5.74) is -0.540. The lowest BCUT2D eigenvalue weighted by Gasteiger charge is -2.23. The maximum Gasteiger partial charge on any atom is 0.306 e. The van der Waals surface area contributed by atoms with Crippen molar-refractivity contribution in [2.45, 2.75) is 58.0 Å². The summed E-state index contributed by atoms with van der Waals surface area (Å²) >= 11 is 0. The number of aromatic nitrogens is 2. The van der Waals surface area contributed by atoms with Gasteiger partial charge in [0.1, 0.15) is 5.60 Å². The van der Waals surface area contributed by atoms with Gasteiger partial charge in [0.25, 0.3) is 0 Å². The summed E-state index contributed by atoms with van der Waals surface area (Å²) in [6, 6.07) is 0. The van der Waals surface area contributed by atoms with Gasteiger partial charge in [-0.25, -0.2) is 0 Å². The third-order valence-corrected chi connectivity index (χ3v) is 4.18. The first-order valence-corrected chi connectivity index (χ1v) is 7.21. The minimum Gasteiger partial charge on any atom is -0.481 e. The lowest BCUT2D eigenvalue weighted by atomic mass is 10.0. The number of ether oxygens (including phenoxy) is 1. The van der Waals surface area contributed by atoms with Gasteiger partial charge in [0.15, 0.2) is 0 Å². The average Bonchev–Trinajstić information content (AvgIpc) is 3.07. The molecule has 6 nitrogen and oxygen atoms in total. The van der Waals surface area contributed by atoms with Crippen molar-refractivity contribution < 1.29 is 19.2 Å². The Labute approximate surface area is 118 Å². The summed E-state index contributed by atoms with van der Waals surface area (Å²) < 4.78 is 11.1. The van der Waals surface area contributed by atoms with E-state index in [1.165, 1.54) is 0 Å². The van der Waals surface area contributed by atoms with E-state index in [2.05, 4.69) is 10.1 Å². The Morgan fingerprint density at radius 1 is 1.50 bits per heavy atom. The van der Waals surface area contributed by atoms with Crippen molar-refractivity contribution in [2.24, 2.45) is 5.92 Å². The molecule has 0 spiro atoms. The largest absolute Gasteiger partial charge is 0.481 e. The SMILES string of the molecule is CCOC(C)(CC)c1noc(C2CCC(C(=O)O)C2)n1. The van der Waals surface area contributed by atoms with Crippen LogP contribution in [-0.2, 0) is 15.1 Å². The Hall–Kier alpha value is -1.43. The first-order chi connectivity index (χ1) is 9.50. The molecule has 1 fully saturated rings. The van der Waals surface area contributed by atoms with Gasteiger partial charge in [0.2, 0.25) is 11.7 Å². The fraction of sp³-hybridized carbons (Fsp3) is 0.786. The molecular formula is C14H22N2O4. The standard InChI is InChI=1S/C14H22N2O4/c1-4-14(3,19-5-2)13-15-11(20-16-13)9-6-7-10(8-9)12(17)18/h9-10H,4-8H2,1-3H3,(H,17,18). The van der Waals surface area contributed by atoms with Crippen LogP contribution in [0.3, 0.4) is 0 Å². The lowest BCUT2D eigenvalue weighted by Crippen LogP contribution is -2.26. The molecule has 1 aliphatic rings. The fourth-order valence-electron chi connectivity index (χ4n) is 2.69. The van der Waals surface area contributed by atoms with Crippen LogP contribution < -0.4 is 0 Å². The van der Waals surface area contributed by atoms with Gasteiger partial charge < -0.3 is 14.4 Å². The molecule has 0 saturated heterocycles. The molecule has 6 heteroatoms. The molecule has 0 aliphatic heterocycles. The van der Waals surface area contributed by atoms with Crippen LogP contribution in [0.1, 0.15) is 64.1 Å². The van der Waals surface area contributed by atoms with Crippen LogP contribution in [0, 0.1) is 5.92 Å². The minimum atomic E-state index is -0.736. The van der Waals surface area contributed by atoms with E-state index in [0.717, 1.165) is 12.8 Å². The average molecular weight is 282 g/mol. The number of carbonyl (C=O) groups is 1. The molecule has 112 valence electrons. The molecular weight excluding hydrogens is 260 g/mol. The first kappa shape index (κ1) is 15.0. The van der Waals surface area contributed by atoms with Crippen molar-refractivity contribution in [1.29, 1.82) is 0 Å². The number of rotatable bonds is 6. The van der Waals surface area contributed by atoms with Gasteiger partial charge in [-0.1, -0.05) is 12.1 Å². The molecule has 0 bridgehead atoms. The highest BCUT2D eigenvalue weighted by molar-refractivity contribution is 5.70. The zero-order valence-corrected chi connectivity index (χ0v) is 12.3. The van der Waals surface area contributed by atoms with Gasteiger partial charge in [-0.15, -0.1) is 0 Å². The summed E-state index contributed by atoms with van der Waals surface area (Å²) in [5, 5.41) is 13.1. The second kappa shape index (κ2) is 5.91. The highest BCUT2D eigenvalue weighted by Gasteiger charge is 2.36. The Morgan fingerprint density at radius 2 is 2.25 bits per heavy atom. The summed E-state index contributed by atoms with van der Waals surface area (Å²) in [5.74, 6) is 0.124. The van der Waals surface area contributed by atoms with Crippen LogP contribution >= 0.6 is 0 Å². The smallest absolute Gasteiger partial charge is 0.306 e. The maximum absolute atomic E-state index is 11.0. The zero-order valence-electron chi connectivity index (χ0n) is 12.3. The van der Waals surface area contributed by atoms with Crippen LogP contribution in [0.2, 0.25) is 0 Å². The highest BCUT2D eigenvalue weighted by atomic mass is 16.5. The van der Waals surface area contributed by atoms with E-state index in [9.17, 15) is 4.79 Å². The summed E-state index contributed by atoms with van der Waals surface area (Å²) in [6.07, 6.45) is 2.79.